The van der Waals surface area contributed by atoms with Gasteiger partial charge in [-0.2, -0.15) is 5.26 Å². The van der Waals surface area contributed by atoms with E-state index in [1.807, 2.05) is 36.5 Å². The number of para-hydroxylation sites is 5. The Morgan fingerprint density at radius 2 is 0.742 bits per heavy atom. The van der Waals surface area contributed by atoms with E-state index < -0.39 is 18.7 Å². The maximum absolute atomic E-state index is 10.5. The molecule has 9 aromatic carbocycles. The summed E-state index contributed by atoms with van der Waals surface area (Å²) < 4.78 is 5.81. The van der Waals surface area contributed by atoms with Crippen LogP contribution < -0.4 is 27.4 Å². The van der Waals surface area contributed by atoms with E-state index in [9.17, 15) is 5.26 Å². The fourth-order valence-corrected chi connectivity index (χ4v) is 23.6. The Morgan fingerprint density at radius 3 is 1.26 bits per heavy atom. The van der Waals surface area contributed by atoms with Crippen LogP contribution in [0, 0.1) is 11.3 Å². The topological polar surface area (TPSA) is 43.2 Å². The Bertz CT molecular complexity index is 3430. The number of aromatic nitrogens is 1. The van der Waals surface area contributed by atoms with Crippen molar-refractivity contribution in [3.8, 4) is 28.3 Å². The molecule has 0 fully saturated rings. The predicted molar refractivity (Wildman–Crippen MR) is 272 cm³/mol. The van der Waals surface area contributed by atoms with Crippen LogP contribution in [0.15, 0.2) is 243 Å². The van der Waals surface area contributed by atoms with E-state index in [4.69, 9.17) is 0 Å². The van der Waals surface area contributed by atoms with Crippen molar-refractivity contribution in [2.45, 2.75) is 5.41 Å². The zero-order valence-corrected chi connectivity index (χ0v) is 38.0. The number of benzene rings is 9. The van der Waals surface area contributed by atoms with E-state index in [2.05, 4.69) is 221 Å². The van der Waals surface area contributed by atoms with E-state index in [1.165, 1.54) is 51.2 Å². The van der Waals surface area contributed by atoms with Gasteiger partial charge in [0, 0.05) is 11.8 Å². The number of pyridine rings is 1. The Labute approximate surface area is 387 Å². The molecule has 0 bridgehead atoms. The molecule has 0 amide bonds. The molecule has 1 aromatic heterocycles. The fourth-order valence-electron chi connectivity index (χ4n) is 11.8. The average Bonchev–Trinajstić information content (AvgIpc) is 3.40. The van der Waals surface area contributed by atoms with Crippen molar-refractivity contribution in [3.63, 3.8) is 0 Å². The molecule has 4 heterocycles. The second-order valence-electron chi connectivity index (χ2n) is 17.3. The number of hydrogen-bond acceptors (Lipinski definition) is 4. The van der Waals surface area contributed by atoms with Crippen LogP contribution in [0.4, 0.5) is 34.1 Å². The van der Waals surface area contributed by atoms with Crippen molar-refractivity contribution in [2.75, 3.05) is 9.80 Å². The molecule has 4 nitrogen and oxygen atoms in total. The van der Waals surface area contributed by atoms with Crippen molar-refractivity contribution in [2.24, 2.45) is 0 Å². The van der Waals surface area contributed by atoms with Gasteiger partial charge in [0.1, 0.15) is 6.07 Å². The normalized spacial score (nSPS) is 14.2. The first-order valence-electron chi connectivity index (χ1n) is 22.5. The Morgan fingerprint density at radius 1 is 0.364 bits per heavy atom. The van der Waals surface area contributed by atoms with Crippen molar-refractivity contribution >= 4 is 65.0 Å². The molecule has 0 saturated carbocycles. The molecule has 5 heteroatoms. The first kappa shape index (κ1) is 38.2. The minimum atomic E-state index is -3.85. The second kappa shape index (κ2) is 14.9. The van der Waals surface area contributed by atoms with E-state index in [0.717, 1.165) is 45.0 Å². The summed E-state index contributed by atoms with van der Waals surface area (Å²) in [6.07, 6.45) is 3.61. The summed E-state index contributed by atoms with van der Waals surface area (Å²) in [5, 5.41) is 10.5. The molecule has 10 aromatic rings. The van der Waals surface area contributed by atoms with Crippen LogP contribution in [0.3, 0.4) is 0 Å². The molecular weight excluding hydrogens is 861 g/mol. The van der Waals surface area contributed by atoms with Crippen LogP contribution in [-0.4, -0.2) is 18.3 Å². The number of fused-ring (bicyclic) bond motifs is 14. The van der Waals surface area contributed by atoms with E-state index >= 15 is 0 Å². The molecule has 0 saturated heterocycles. The molecule has 66 heavy (non-hydrogen) atoms. The molecule has 0 atom stereocenters. The molecule has 3 aliphatic rings. The van der Waals surface area contributed by atoms with Crippen LogP contribution in [-0.2, 0) is 5.41 Å². The van der Waals surface area contributed by atoms with Crippen LogP contribution >= 0.6 is 0 Å². The fraction of sp³-hybridized carbons (Fsp3) is 0.0164. The van der Waals surface area contributed by atoms with Gasteiger partial charge in [-0.05, 0) is 5.56 Å². The summed E-state index contributed by atoms with van der Waals surface area (Å²) in [4.78, 5) is 9.54. The van der Waals surface area contributed by atoms with Gasteiger partial charge < -0.3 is 0 Å². The van der Waals surface area contributed by atoms with Gasteiger partial charge in [0.25, 0.3) is 0 Å². The Balaban J connectivity index is 1.04. The third-order valence-electron chi connectivity index (χ3n) is 14.3. The van der Waals surface area contributed by atoms with Gasteiger partial charge in [0.05, 0.1) is 0 Å². The SMILES string of the molecule is N#Cc1c(-c2ccccc2)cncc1-c1ccc(N2c3ccccc3C3(c4ccccc42)c2cccc[c]2[Ge]2([c]4ccccc4N(c4ccccc4)c4cccc[c]42)[c]2ccccc23)cc1. The number of nitrogens with zero attached hydrogens (tertiary/aromatic N) is 4. The Hall–Kier alpha value is -8.24. The number of hydrogen-bond donors (Lipinski definition) is 0. The van der Waals surface area contributed by atoms with E-state index in [-0.39, 0.29) is 0 Å². The molecule has 2 spiro atoms. The number of nitriles is 1. The molecule has 13 rings (SSSR count). The Kier molecular flexibility index (Phi) is 8.65. The molecule has 0 N–H and O–H groups in total. The first-order chi connectivity index (χ1) is 32.7. The number of rotatable bonds is 4. The summed E-state index contributed by atoms with van der Waals surface area (Å²) in [6, 6.07) is 87.5. The maximum atomic E-state index is 10.5. The van der Waals surface area contributed by atoms with Crippen LogP contribution in [0.5, 0.6) is 0 Å². The van der Waals surface area contributed by atoms with Gasteiger partial charge in [-0.1, -0.05) is 30.3 Å². The van der Waals surface area contributed by atoms with Crippen molar-refractivity contribution < 1.29 is 0 Å². The van der Waals surface area contributed by atoms with Gasteiger partial charge in [-0.3, -0.25) is 4.98 Å². The monoisotopic (exact) mass is 902 g/mol. The van der Waals surface area contributed by atoms with E-state index in [1.54, 1.807) is 6.20 Å². The zero-order chi connectivity index (χ0) is 43.8. The van der Waals surface area contributed by atoms with Gasteiger partial charge in [0.15, 0.2) is 0 Å². The molecule has 0 radical (unpaired) electrons. The third-order valence-corrected chi connectivity index (χ3v) is 24.6. The predicted octanol–water partition coefficient (Wildman–Crippen LogP) is 11.9. The summed E-state index contributed by atoms with van der Waals surface area (Å²) in [7, 11) is 0. The van der Waals surface area contributed by atoms with Gasteiger partial charge in [-0.15, -0.1) is 0 Å². The van der Waals surface area contributed by atoms with Crippen LogP contribution in [0.1, 0.15) is 27.8 Å². The van der Waals surface area contributed by atoms with Gasteiger partial charge >= 0.3 is 326 Å². The van der Waals surface area contributed by atoms with Crippen LogP contribution in [0.25, 0.3) is 22.3 Å². The molecule has 308 valence electrons. The van der Waals surface area contributed by atoms with Crippen molar-refractivity contribution in [3.05, 3.63) is 271 Å². The summed E-state index contributed by atoms with van der Waals surface area (Å²) in [5.41, 5.74) is 15.8. The van der Waals surface area contributed by atoms with Crippen LogP contribution in [0.2, 0.25) is 0 Å². The third kappa shape index (κ3) is 5.18. The molecule has 0 aliphatic carbocycles. The summed E-state index contributed by atoms with van der Waals surface area (Å²) >= 11 is -3.85. The van der Waals surface area contributed by atoms with Crippen molar-refractivity contribution in [1.82, 2.24) is 4.98 Å². The quantitative estimate of drug-likeness (QED) is 0.165. The standard InChI is InChI=1S/C61H40GeN4/c63-39-46-47(42-19-3-1-4-20-42)40-64-41-48(46)43-35-37-45(38-36-43)65-57-31-15-9-25-51(57)61(52-26-10-16-32-58(52)65)49-23-7-11-27-53(49)62(54-28-12-8-24-50(54)61)55-29-13-17-33-59(55)66(44-21-5-2-6-22-44)60-34-18-14-30-56(60)62/h1-38,40-41H. The minimum absolute atomic E-state index is 0.618. The van der Waals surface area contributed by atoms with E-state index in [0.29, 0.717) is 5.56 Å². The average molecular weight is 902 g/mol. The summed E-state index contributed by atoms with van der Waals surface area (Å²) in [5.74, 6) is 0. The molecule has 3 aliphatic heterocycles. The first-order valence-corrected chi connectivity index (χ1v) is 26.7. The number of anilines is 6. The van der Waals surface area contributed by atoms with Gasteiger partial charge in [-0.25, -0.2) is 0 Å². The molecule has 0 unspecified atom stereocenters. The summed E-state index contributed by atoms with van der Waals surface area (Å²) in [6.45, 7) is 0. The zero-order valence-electron chi connectivity index (χ0n) is 35.9. The second-order valence-corrected chi connectivity index (χ2v) is 25.0. The van der Waals surface area contributed by atoms with Crippen molar-refractivity contribution in [1.29, 1.82) is 5.26 Å². The van der Waals surface area contributed by atoms with Gasteiger partial charge in [0.2, 0.25) is 0 Å². The molecular formula is C61H40GeN4.